The fraction of sp³-hybridized carbons (Fsp3) is 0.111. The molecule has 0 spiro atoms. The molecule has 0 bridgehead atoms. The van der Waals surface area contributed by atoms with Gasteiger partial charge in [0, 0.05) is 34.2 Å². The summed E-state index contributed by atoms with van der Waals surface area (Å²) in [4.78, 5) is 0. The third-order valence-corrected chi connectivity index (χ3v) is 8.77. The van der Waals surface area contributed by atoms with Crippen LogP contribution in [0.15, 0.2) is 109 Å². The maximum atomic E-state index is 2.44. The Labute approximate surface area is 216 Å². The first-order valence-electron chi connectivity index (χ1n) is 13.1. The van der Waals surface area contributed by atoms with Crippen LogP contribution in [0.4, 0.5) is 0 Å². The van der Waals surface area contributed by atoms with Crippen molar-refractivity contribution in [3.05, 3.63) is 120 Å². The molecular formula is C36H27N. The second-order valence-electron chi connectivity index (χ2n) is 11.0. The average Bonchev–Trinajstić information content (AvgIpc) is 3.36. The smallest absolute Gasteiger partial charge is 0.0568 e. The summed E-state index contributed by atoms with van der Waals surface area (Å²) >= 11 is 0. The Bertz CT molecular complexity index is 2070. The average molecular weight is 474 g/mol. The molecule has 1 aromatic heterocycles. The Morgan fingerprint density at radius 2 is 1.16 bits per heavy atom. The van der Waals surface area contributed by atoms with Crippen molar-refractivity contribution >= 4 is 43.4 Å². The van der Waals surface area contributed by atoms with Gasteiger partial charge < -0.3 is 4.57 Å². The number of nitrogens with zero attached hydrogens (tertiary/aromatic N) is 1. The summed E-state index contributed by atoms with van der Waals surface area (Å²) < 4.78 is 2.41. The van der Waals surface area contributed by atoms with Crippen molar-refractivity contribution in [2.45, 2.75) is 19.3 Å². The van der Waals surface area contributed by atoms with Gasteiger partial charge in [-0.2, -0.15) is 0 Å². The lowest BCUT2D eigenvalue weighted by Crippen LogP contribution is -2.14. The van der Waals surface area contributed by atoms with Crippen LogP contribution in [0, 0.1) is 0 Å². The van der Waals surface area contributed by atoms with Gasteiger partial charge in [-0.1, -0.05) is 117 Å². The quantitative estimate of drug-likeness (QED) is 0.224. The molecule has 1 heteroatoms. The molecule has 0 saturated heterocycles. The summed E-state index contributed by atoms with van der Waals surface area (Å²) in [6, 6.07) is 40.6. The number of benzene rings is 6. The van der Waals surface area contributed by atoms with E-state index in [1.807, 2.05) is 0 Å². The van der Waals surface area contributed by atoms with E-state index in [9.17, 15) is 0 Å². The predicted octanol–water partition coefficient (Wildman–Crippen LogP) is 9.61. The fourth-order valence-corrected chi connectivity index (χ4v) is 6.99. The highest BCUT2D eigenvalue weighted by atomic mass is 14.9. The second kappa shape index (κ2) is 7.11. The van der Waals surface area contributed by atoms with Crippen LogP contribution in [0.5, 0.6) is 0 Å². The van der Waals surface area contributed by atoms with Gasteiger partial charge in [0.15, 0.2) is 0 Å². The minimum atomic E-state index is -0.0161. The molecule has 1 aliphatic carbocycles. The Balaban J connectivity index is 1.44. The molecule has 8 rings (SSSR count). The van der Waals surface area contributed by atoms with E-state index in [2.05, 4.69) is 135 Å². The molecule has 0 radical (unpaired) electrons. The first-order valence-corrected chi connectivity index (χ1v) is 13.1. The number of aryl methyl sites for hydroxylation is 1. The van der Waals surface area contributed by atoms with Gasteiger partial charge in [-0.05, 0) is 50.0 Å². The van der Waals surface area contributed by atoms with E-state index in [0.717, 1.165) is 0 Å². The number of hydrogen-bond acceptors (Lipinski definition) is 0. The third kappa shape index (κ3) is 2.64. The summed E-state index contributed by atoms with van der Waals surface area (Å²) in [5.74, 6) is 0. The molecule has 0 amide bonds. The molecule has 0 saturated carbocycles. The zero-order valence-electron chi connectivity index (χ0n) is 21.3. The maximum absolute atomic E-state index is 2.44. The van der Waals surface area contributed by atoms with Crippen LogP contribution in [-0.4, -0.2) is 4.57 Å². The van der Waals surface area contributed by atoms with Gasteiger partial charge in [0.25, 0.3) is 0 Å². The highest BCUT2D eigenvalue weighted by Gasteiger charge is 2.36. The van der Waals surface area contributed by atoms with Crippen molar-refractivity contribution in [1.82, 2.24) is 4.57 Å². The molecule has 6 aromatic carbocycles. The first kappa shape index (κ1) is 20.8. The molecule has 0 fully saturated rings. The number of aromatic nitrogens is 1. The summed E-state index contributed by atoms with van der Waals surface area (Å²) in [5.41, 5.74) is 10.8. The van der Waals surface area contributed by atoms with Crippen molar-refractivity contribution in [3.8, 4) is 22.3 Å². The van der Waals surface area contributed by atoms with Crippen LogP contribution < -0.4 is 0 Å². The van der Waals surface area contributed by atoms with Crippen LogP contribution in [0.1, 0.15) is 25.0 Å². The van der Waals surface area contributed by atoms with E-state index in [4.69, 9.17) is 0 Å². The van der Waals surface area contributed by atoms with Crippen molar-refractivity contribution in [1.29, 1.82) is 0 Å². The van der Waals surface area contributed by atoms with Gasteiger partial charge in [0.05, 0.1) is 11.0 Å². The molecule has 176 valence electrons. The van der Waals surface area contributed by atoms with E-state index in [-0.39, 0.29) is 5.41 Å². The van der Waals surface area contributed by atoms with Gasteiger partial charge in [0.1, 0.15) is 0 Å². The number of fused-ring (bicyclic) bond motifs is 10. The van der Waals surface area contributed by atoms with Crippen molar-refractivity contribution in [2.24, 2.45) is 7.05 Å². The Hall–Kier alpha value is -4.36. The lowest BCUT2D eigenvalue weighted by atomic mass is 9.82. The number of rotatable bonds is 1. The normalized spacial score (nSPS) is 14.0. The monoisotopic (exact) mass is 473 g/mol. The Morgan fingerprint density at radius 1 is 0.514 bits per heavy atom. The first-order chi connectivity index (χ1) is 18.0. The fourth-order valence-electron chi connectivity index (χ4n) is 6.99. The molecule has 7 aromatic rings. The molecule has 1 nitrogen and oxygen atoms in total. The highest BCUT2D eigenvalue weighted by molar-refractivity contribution is 6.20. The minimum absolute atomic E-state index is 0.0161. The third-order valence-electron chi connectivity index (χ3n) is 8.77. The van der Waals surface area contributed by atoms with Crippen LogP contribution >= 0.6 is 0 Å². The second-order valence-corrected chi connectivity index (χ2v) is 11.0. The standard InChI is InChI=1S/C36H27N/c1-36(2)31-19-17-24(21-30(31)33-25-11-6-4-9-22(25)16-20-32(33)36)27-13-8-14-28-29-18-15-23-10-5-7-12-26(23)34(29)37(3)35(27)28/h4-21H,1-3H3. The summed E-state index contributed by atoms with van der Waals surface area (Å²) in [5, 5.41) is 7.87. The van der Waals surface area contributed by atoms with Crippen molar-refractivity contribution < 1.29 is 0 Å². The van der Waals surface area contributed by atoms with E-state index >= 15 is 0 Å². The van der Waals surface area contributed by atoms with Crippen molar-refractivity contribution in [3.63, 3.8) is 0 Å². The predicted molar refractivity (Wildman–Crippen MR) is 158 cm³/mol. The van der Waals surface area contributed by atoms with E-state index < -0.39 is 0 Å². The van der Waals surface area contributed by atoms with Gasteiger partial charge in [-0.25, -0.2) is 0 Å². The van der Waals surface area contributed by atoms with E-state index in [0.29, 0.717) is 0 Å². The number of para-hydroxylation sites is 1. The minimum Gasteiger partial charge on any atom is -0.343 e. The molecule has 1 aliphatic rings. The van der Waals surface area contributed by atoms with Crippen LogP contribution in [-0.2, 0) is 12.5 Å². The molecule has 37 heavy (non-hydrogen) atoms. The van der Waals surface area contributed by atoms with E-state index in [1.54, 1.807) is 0 Å². The van der Waals surface area contributed by atoms with Gasteiger partial charge in [-0.15, -0.1) is 0 Å². The SMILES string of the molecule is Cn1c2c(-c3ccc4c(c3)-c3c(ccc5ccccc35)C4(C)C)cccc2c2ccc3ccccc3c21. The lowest BCUT2D eigenvalue weighted by Gasteiger charge is -2.21. The molecule has 0 N–H and O–H groups in total. The van der Waals surface area contributed by atoms with Crippen LogP contribution in [0.3, 0.4) is 0 Å². The molecular weight excluding hydrogens is 446 g/mol. The topological polar surface area (TPSA) is 4.93 Å². The van der Waals surface area contributed by atoms with Gasteiger partial charge in [-0.3, -0.25) is 0 Å². The summed E-state index contributed by atoms with van der Waals surface area (Å²) in [6.45, 7) is 4.73. The molecule has 0 aliphatic heterocycles. The summed E-state index contributed by atoms with van der Waals surface area (Å²) in [6.07, 6.45) is 0. The zero-order valence-corrected chi connectivity index (χ0v) is 21.3. The molecule has 1 heterocycles. The Morgan fingerprint density at radius 3 is 2.00 bits per heavy atom. The molecule has 0 atom stereocenters. The van der Waals surface area contributed by atoms with Crippen molar-refractivity contribution in [2.75, 3.05) is 0 Å². The number of hydrogen-bond donors (Lipinski definition) is 0. The van der Waals surface area contributed by atoms with Gasteiger partial charge >= 0.3 is 0 Å². The Kier molecular flexibility index (Phi) is 4.00. The van der Waals surface area contributed by atoms with Gasteiger partial charge in [0.2, 0.25) is 0 Å². The zero-order chi connectivity index (χ0) is 24.9. The maximum Gasteiger partial charge on any atom is 0.0568 e. The van der Waals surface area contributed by atoms with Crippen LogP contribution in [0.2, 0.25) is 0 Å². The molecule has 0 unspecified atom stereocenters. The highest BCUT2D eigenvalue weighted by Crippen LogP contribution is 2.52. The lowest BCUT2D eigenvalue weighted by molar-refractivity contribution is 0.661. The van der Waals surface area contributed by atoms with Crippen LogP contribution in [0.25, 0.3) is 65.6 Å². The summed E-state index contributed by atoms with van der Waals surface area (Å²) in [7, 11) is 2.22. The largest absolute Gasteiger partial charge is 0.343 e. The van der Waals surface area contributed by atoms with E-state index in [1.165, 1.54) is 76.7 Å².